The van der Waals surface area contributed by atoms with Crippen molar-refractivity contribution in [2.24, 2.45) is 5.92 Å². The zero-order valence-corrected chi connectivity index (χ0v) is 9.69. The maximum atomic E-state index is 11.5. The van der Waals surface area contributed by atoms with Crippen LogP contribution in [0.4, 0.5) is 4.79 Å². The summed E-state index contributed by atoms with van der Waals surface area (Å²) in [5, 5.41) is 4.23. The minimum Gasteiger partial charge on any atom is -0.455 e. The summed E-state index contributed by atoms with van der Waals surface area (Å²) in [5.41, 5.74) is 0. The number of carbonyl (C=O) groups is 3. The predicted octanol–water partition coefficient (Wildman–Crippen LogP) is 0.341. The number of nitrogens with one attached hydrogen (secondary N) is 2. The molecule has 94 valence electrons. The van der Waals surface area contributed by atoms with Crippen LogP contribution >= 0.6 is 0 Å². The zero-order chi connectivity index (χ0) is 12.7. The van der Waals surface area contributed by atoms with Crippen LogP contribution in [-0.2, 0) is 14.3 Å². The molecule has 1 rings (SSSR count). The number of amides is 3. The maximum absolute atomic E-state index is 11.5. The van der Waals surface area contributed by atoms with Crippen molar-refractivity contribution in [3.05, 3.63) is 12.2 Å². The van der Waals surface area contributed by atoms with Gasteiger partial charge in [0.15, 0.2) is 6.61 Å². The lowest BCUT2D eigenvalue weighted by Crippen LogP contribution is -2.40. The van der Waals surface area contributed by atoms with Crippen LogP contribution in [0.3, 0.4) is 0 Å². The molecular formula is C11H16N2O4. The van der Waals surface area contributed by atoms with Crippen molar-refractivity contribution in [1.82, 2.24) is 10.6 Å². The number of esters is 1. The average molecular weight is 240 g/mol. The highest BCUT2D eigenvalue weighted by molar-refractivity contribution is 5.95. The van der Waals surface area contributed by atoms with Crippen LogP contribution in [0.5, 0.6) is 0 Å². The number of urea groups is 1. The van der Waals surface area contributed by atoms with Gasteiger partial charge in [0.05, 0.1) is 5.92 Å². The Morgan fingerprint density at radius 2 is 2.12 bits per heavy atom. The first kappa shape index (κ1) is 13.2. The van der Waals surface area contributed by atoms with E-state index in [0.717, 1.165) is 12.8 Å². The molecule has 0 saturated heterocycles. The van der Waals surface area contributed by atoms with Crippen molar-refractivity contribution in [1.29, 1.82) is 0 Å². The SMILES string of the molecule is CNC(=O)NC(=O)COC(=O)[C@H]1CC=CCC1. The molecule has 0 fully saturated rings. The highest BCUT2D eigenvalue weighted by atomic mass is 16.5. The number of carbonyl (C=O) groups excluding carboxylic acids is 3. The van der Waals surface area contributed by atoms with E-state index >= 15 is 0 Å². The van der Waals surface area contributed by atoms with Gasteiger partial charge in [0, 0.05) is 7.05 Å². The summed E-state index contributed by atoms with van der Waals surface area (Å²) >= 11 is 0. The molecule has 6 nitrogen and oxygen atoms in total. The molecule has 6 heteroatoms. The van der Waals surface area contributed by atoms with Crippen LogP contribution < -0.4 is 10.6 Å². The van der Waals surface area contributed by atoms with E-state index in [9.17, 15) is 14.4 Å². The summed E-state index contributed by atoms with van der Waals surface area (Å²) in [5.74, 6) is -1.20. The van der Waals surface area contributed by atoms with Gasteiger partial charge in [-0.1, -0.05) is 12.2 Å². The van der Waals surface area contributed by atoms with Crippen LogP contribution in [-0.4, -0.2) is 31.6 Å². The van der Waals surface area contributed by atoms with Gasteiger partial charge in [0.2, 0.25) is 0 Å². The molecule has 0 unspecified atom stereocenters. The van der Waals surface area contributed by atoms with Crippen LogP contribution in [0.1, 0.15) is 19.3 Å². The van der Waals surface area contributed by atoms with Crippen molar-refractivity contribution in [2.45, 2.75) is 19.3 Å². The van der Waals surface area contributed by atoms with E-state index in [1.54, 1.807) is 0 Å². The lowest BCUT2D eigenvalue weighted by atomic mass is 9.95. The summed E-state index contributed by atoms with van der Waals surface area (Å²) < 4.78 is 4.82. The van der Waals surface area contributed by atoms with E-state index in [1.165, 1.54) is 7.05 Å². The maximum Gasteiger partial charge on any atom is 0.321 e. The molecule has 0 aromatic carbocycles. The summed E-state index contributed by atoms with van der Waals surface area (Å²) in [4.78, 5) is 33.4. The van der Waals surface area contributed by atoms with Crippen molar-refractivity contribution < 1.29 is 19.1 Å². The van der Waals surface area contributed by atoms with Crippen LogP contribution in [0, 0.1) is 5.92 Å². The number of hydrogen-bond donors (Lipinski definition) is 2. The fourth-order valence-corrected chi connectivity index (χ4v) is 1.49. The Kier molecular flexibility index (Phi) is 5.19. The van der Waals surface area contributed by atoms with Gasteiger partial charge in [-0.3, -0.25) is 14.9 Å². The molecule has 0 saturated carbocycles. The highest BCUT2D eigenvalue weighted by Gasteiger charge is 2.21. The van der Waals surface area contributed by atoms with Gasteiger partial charge >= 0.3 is 12.0 Å². The van der Waals surface area contributed by atoms with Crippen LogP contribution in [0.15, 0.2) is 12.2 Å². The smallest absolute Gasteiger partial charge is 0.321 e. The van der Waals surface area contributed by atoms with E-state index < -0.39 is 18.5 Å². The van der Waals surface area contributed by atoms with Crippen LogP contribution in [0.25, 0.3) is 0 Å². The van der Waals surface area contributed by atoms with E-state index in [4.69, 9.17) is 4.74 Å². The number of allylic oxidation sites excluding steroid dienone is 2. The summed E-state index contributed by atoms with van der Waals surface area (Å²) in [7, 11) is 1.39. The van der Waals surface area contributed by atoms with E-state index in [-0.39, 0.29) is 11.9 Å². The molecule has 0 bridgehead atoms. The van der Waals surface area contributed by atoms with Gasteiger partial charge in [0.25, 0.3) is 5.91 Å². The van der Waals surface area contributed by atoms with Gasteiger partial charge in [-0.15, -0.1) is 0 Å². The van der Waals surface area contributed by atoms with Gasteiger partial charge in [0.1, 0.15) is 0 Å². The number of rotatable bonds is 3. The second-order valence-electron chi connectivity index (χ2n) is 3.72. The Morgan fingerprint density at radius 1 is 1.35 bits per heavy atom. The van der Waals surface area contributed by atoms with Crippen LogP contribution in [0.2, 0.25) is 0 Å². The molecule has 3 amide bonds. The quantitative estimate of drug-likeness (QED) is 0.550. The number of hydrogen-bond acceptors (Lipinski definition) is 4. The van der Waals surface area contributed by atoms with Gasteiger partial charge in [-0.25, -0.2) is 4.79 Å². The lowest BCUT2D eigenvalue weighted by molar-refractivity contribution is -0.152. The first-order chi connectivity index (χ1) is 8.13. The Morgan fingerprint density at radius 3 is 2.71 bits per heavy atom. The first-order valence-corrected chi connectivity index (χ1v) is 5.46. The van der Waals surface area contributed by atoms with Crippen molar-refractivity contribution in [3.63, 3.8) is 0 Å². The van der Waals surface area contributed by atoms with E-state index in [2.05, 4.69) is 5.32 Å². The largest absolute Gasteiger partial charge is 0.455 e. The molecule has 0 aromatic rings. The molecule has 0 aromatic heterocycles. The van der Waals surface area contributed by atoms with Gasteiger partial charge in [-0.2, -0.15) is 0 Å². The minimum atomic E-state index is -0.635. The minimum absolute atomic E-state index is 0.173. The van der Waals surface area contributed by atoms with Crippen molar-refractivity contribution in [2.75, 3.05) is 13.7 Å². The standard InChI is InChI=1S/C11H16N2O4/c1-12-11(16)13-9(14)7-17-10(15)8-5-3-2-4-6-8/h2-3,8H,4-7H2,1H3,(H2,12,13,14,16)/t8-/m0/s1. The Bertz CT molecular complexity index is 338. The molecule has 1 aliphatic carbocycles. The normalized spacial score (nSPS) is 18.3. The summed E-state index contributed by atoms with van der Waals surface area (Å²) in [6.07, 6.45) is 6.19. The average Bonchev–Trinajstić information content (AvgIpc) is 2.36. The zero-order valence-electron chi connectivity index (χ0n) is 9.69. The molecule has 0 radical (unpaired) electrons. The van der Waals surface area contributed by atoms with Crippen molar-refractivity contribution >= 4 is 17.9 Å². The molecule has 1 atom stereocenters. The van der Waals surface area contributed by atoms with Crippen molar-refractivity contribution in [3.8, 4) is 0 Å². The second-order valence-corrected chi connectivity index (χ2v) is 3.72. The second kappa shape index (κ2) is 6.67. The summed E-state index contributed by atoms with van der Waals surface area (Å²) in [6, 6.07) is -0.619. The lowest BCUT2D eigenvalue weighted by Gasteiger charge is -2.15. The third-order valence-corrected chi connectivity index (χ3v) is 2.43. The topological polar surface area (TPSA) is 84.5 Å². The Balaban J connectivity index is 2.25. The fraction of sp³-hybridized carbons (Fsp3) is 0.545. The molecule has 0 spiro atoms. The molecular weight excluding hydrogens is 224 g/mol. The number of ether oxygens (including phenoxy) is 1. The summed E-state index contributed by atoms with van der Waals surface area (Å²) in [6.45, 7) is -0.424. The third kappa shape index (κ3) is 4.67. The Labute approximate surface area is 99.4 Å². The first-order valence-electron chi connectivity index (χ1n) is 5.46. The molecule has 0 aliphatic heterocycles. The molecule has 17 heavy (non-hydrogen) atoms. The molecule has 2 N–H and O–H groups in total. The molecule has 1 aliphatic rings. The van der Waals surface area contributed by atoms with Gasteiger partial charge < -0.3 is 10.1 Å². The monoisotopic (exact) mass is 240 g/mol. The fourth-order valence-electron chi connectivity index (χ4n) is 1.49. The van der Waals surface area contributed by atoms with Gasteiger partial charge in [-0.05, 0) is 19.3 Å². The third-order valence-electron chi connectivity index (χ3n) is 2.43. The molecule has 0 heterocycles. The van der Waals surface area contributed by atoms with E-state index in [1.807, 2.05) is 17.5 Å². The highest BCUT2D eigenvalue weighted by Crippen LogP contribution is 2.19. The Hall–Kier alpha value is -1.85. The van der Waals surface area contributed by atoms with E-state index in [0.29, 0.717) is 6.42 Å². The predicted molar refractivity (Wildman–Crippen MR) is 60.0 cm³/mol. The number of imide groups is 1.